The first-order valence-electron chi connectivity index (χ1n) is 16.4. The van der Waals surface area contributed by atoms with Crippen LogP contribution in [0.2, 0.25) is 0 Å². The molecule has 2 saturated heterocycles. The zero-order valence-corrected chi connectivity index (χ0v) is 28.3. The number of nitrogens with zero attached hydrogens (tertiary/aromatic N) is 3. The number of nitrogens with one attached hydrogen (secondary N) is 3. The lowest BCUT2D eigenvalue weighted by Crippen LogP contribution is -2.61. The first-order chi connectivity index (χ1) is 21.2. The molecular weight excluding hydrogens is 572 g/mol. The Bertz CT molecular complexity index is 1180. The van der Waals surface area contributed by atoms with E-state index in [1.54, 1.807) is 9.80 Å². The molecule has 2 heterocycles. The van der Waals surface area contributed by atoms with Crippen LogP contribution in [0.4, 0.5) is 0 Å². The van der Waals surface area contributed by atoms with E-state index in [1.165, 1.54) is 0 Å². The van der Waals surface area contributed by atoms with Gasteiger partial charge in [0.05, 0.1) is 6.04 Å². The third-order valence-electron chi connectivity index (χ3n) is 8.90. The number of carbonyl (C=O) groups is 5. The molecule has 0 saturated carbocycles. The Morgan fingerprint density at radius 2 is 1.31 bits per heavy atom. The third kappa shape index (κ3) is 9.05. The third-order valence-corrected chi connectivity index (χ3v) is 8.90. The second-order valence-corrected chi connectivity index (χ2v) is 13.7. The van der Waals surface area contributed by atoms with Crippen LogP contribution in [0.3, 0.4) is 0 Å². The first-order valence-corrected chi connectivity index (χ1v) is 16.4. The standard InChI is InChI=1S/C34H54N6O5/c1-21(2)27(36-32(43)29(23(5)6)38(7)8)31(42)37-28(22(3)4)34(45)40-19-13-17-26(40)33(44)39-18-12-16-25(39)30(41)35-20-24-14-10-9-11-15-24/h9-11,14-15,21-23,25-29H,12-13,16-20H2,1-8H3,(H,35,41)(H,36,43)(H,37,42)/t25-,26-,27-,28-,29-/m0/s1. The van der Waals surface area contributed by atoms with Crippen molar-refractivity contribution in [3.63, 3.8) is 0 Å². The van der Waals surface area contributed by atoms with Gasteiger partial charge in [-0.05, 0) is 63.1 Å². The molecule has 0 aliphatic carbocycles. The molecule has 0 aromatic heterocycles. The molecule has 5 atom stereocenters. The fourth-order valence-corrected chi connectivity index (χ4v) is 6.53. The van der Waals surface area contributed by atoms with E-state index in [0.717, 1.165) is 5.56 Å². The summed E-state index contributed by atoms with van der Waals surface area (Å²) in [7, 11) is 3.66. The average molecular weight is 627 g/mol. The van der Waals surface area contributed by atoms with Crippen LogP contribution >= 0.6 is 0 Å². The molecule has 1 aromatic carbocycles. The van der Waals surface area contributed by atoms with Crippen LogP contribution in [0.15, 0.2) is 30.3 Å². The second-order valence-electron chi connectivity index (χ2n) is 13.7. The Morgan fingerprint density at radius 1 is 0.756 bits per heavy atom. The fraction of sp³-hybridized carbons (Fsp3) is 0.676. The smallest absolute Gasteiger partial charge is 0.246 e. The van der Waals surface area contributed by atoms with E-state index in [-0.39, 0.29) is 41.4 Å². The van der Waals surface area contributed by atoms with Crippen LogP contribution in [0.5, 0.6) is 0 Å². The number of benzene rings is 1. The average Bonchev–Trinajstić information content (AvgIpc) is 3.67. The van der Waals surface area contributed by atoms with Gasteiger partial charge in [-0.25, -0.2) is 0 Å². The van der Waals surface area contributed by atoms with Crippen molar-refractivity contribution in [1.82, 2.24) is 30.7 Å². The lowest BCUT2D eigenvalue weighted by atomic mass is 9.97. The molecule has 0 unspecified atom stereocenters. The lowest BCUT2D eigenvalue weighted by molar-refractivity contribution is -0.148. The van der Waals surface area contributed by atoms with E-state index in [0.29, 0.717) is 45.3 Å². The SMILES string of the molecule is CC(C)[C@H](NC(=O)[C@H](C(C)C)N(C)C)C(=O)N[C@H](C(=O)N1CCC[C@H]1C(=O)N1CCC[C@H]1C(=O)NCc1ccccc1)C(C)C. The summed E-state index contributed by atoms with van der Waals surface area (Å²) in [6.45, 7) is 12.6. The van der Waals surface area contributed by atoms with Crippen LogP contribution in [-0.2, 0) is 30.5 Å². The van der Waals surface area contributed by atoms with Crippen LogP contribution in [0, 0.1) is 17.8 Å². The predicted octanol–water partition coefficient (Wildman–Crippen LogP) is 2.15. The molecule has 2 fully saturated rings. The van der Waals surface area contributed by atoms with Gasteiger partial charge in [0.15, 0.2) is 0 Å². The molecule has 0 spiro atoms. The highest BCUT2D eigenvalue weighted by Gasteiger charge is 2.44. The van der Waals surface area contributed by atoms with Crippen LogP contribution in [0.1, 0.15) is 72.8 Å². The summed E-state index contributed by atoms with van der Waals surface area (Å²) < 4.78 is 0. The normalized spacial score (nSPS) is 20.4. The molecule has 3 rings (SSSR count). The first kappa shape index (κ1) is 36.0. The Balaban J connectivity index is 1.70. The summed E-state index contributed by atoms with van der Waals surface area (Å²) >= 11 is 0. The van der Waals surface area contributed by atoms with E-state index < -0.39 is 36.1 Å². The van der Waals surface area contributed by atoms with Gasteiger partial charge in [0.1, 0.15) is 24.2 Å². The Kier molecular flexibility index (Phi) is 13.0. The lowest BCUT2D eigenvalue weighted by Gasteiger charge is -2.35. The zero-order valence-electron chi connectivity index (χ0n) is 28.3. The molecule has 11 nitrogen and oxygen atoms in total. The molecule has 3 N–H and O–H groups in total. The van der Waals surface area contributed by atoms with E-state index in [1.807, 2.05) is 90.9 Å². The summed E-state index contributed by atoms with van der Waals surface area (Å²) in [5, 5.41) is 8.80. The monoisotopic (exact) mass is 626 g/mol. The van der Waals surface area contributed by atoms with Crippen LogP contribution in [0.25, 0.3) is 0 Å². The van der Waals surface area contributed by atoms with Gasteiger partial charge in [-0.15, -0.1) is 0 Å². The number of likely N-dealkylation sites (N-methyl/N-ethyl adjacent to an activating group) is 1. The van der Waals surface area contributed by atoms with E-state index >= 15 is 0 Å². The second kappa shape index (κ2) is 16.2. The zero-order chi connectivity index (χ0) is 33.4. The minimum absolute atomic E-state index is 0.0376. The number of carbonyl (C=O) groups excluding carboxylic acids is 5. The Labute approximate surface area is 268 Å². The van der Waals surface area contributed by atoms with Gasteiger partial charge >= 0.3 is 0 Å². The van der Waals surface area contributed by atoms with Crippen molar-refractivity contribution in [2.24, 2.45) is 17.8 Å². The summed E-state index contributed by atoms with van der Waals surface area (Å²) in [5.41, 5.74) is 0.979. The Morgan fingerprint density at radius 3 is 1.87 bits per heavy atom. The minimum Gasteiger partial charge on any atom is -0.350 e. The van der Waals surface area contributed by atoms with E-state index in [2.05, 4.69) is 16.0 Å². The van der Waals surface area contributed by atoms with Gasteiger partial charge < -0.3 is 25.8 Å². The topological polar surface area (TPSA) is 131 Å². The van der Waals surface area contributed by atoms with E-state index in [4.69, 9.17) is 0 Å². The molecule has 2 aliphatic rings. The van der Waals surface area contributed by atoms with Crippen molar-refractivity contribution in [2.75, 3.05) is 27.2 Å². The van der Waals surface area contributed by atoms with Gasteiger partial charge in [-0.3, -0.25) is 28.9 Å². The number of hydrogen-bond acceptors (Lipinski definition) is 6. The molecule has 0 bridgehead atoms. The van der Waals surface area contributed by atoms with Crippen molar-refractivity contribution in [3.05, 3.63) is 35.9 Å². The van der Waals surface area contributed by atoms with Gasteiger partial charge in [0.2, 0.25) is 29.5 Å². The molecule has 1 aromatic rings. The molecule has 11 heteroatoms. The number of rotatable bonds is 13. The van der Waals surface area contributed by atoms with Crippen molar-refractivity contribution in [1.29, 1.82) is 0 Å². The minimum atomic E-state index is -0.873. The Hall–Kier alpha value is -3.47. The predicted molar refractivity (Wildman–Crippen MR) is 174 cm³/mol. The van der Waals surface area contributed by atoms with Gasteiger partial charge in [0.25, 0.3) is 0 Å². The number of likely N-dealkylation sites (tertiary alicyclic amines) is 2. The highest BCUT2D eigenvalue weighted by Crippen LogP contribution is 2.26. The highest BCUT2D eigenvalue weighted by atomic mass is 16.2. The maximum absolute atomic E-state index is 14.0. The van der Waals surface area contributed by atoms with Gasteiger partial charge in [-0.1, -0.05) is 71.9 Å². The van der Waals surface area contributed by atoms with Gasteiger partial charge in [0, 0.05) is 19.6 Å². The van der Waals surface area contributed by atoms with Crippen molar-refractivity contribution >= 4 is 29.5 Å². The van der Waals surface area contributed by atoms with Crippen molar-refractivity contribution < 1.29 is 24.0 Å². The maximum atomic E-state index is 14.0. The van der Waals surface area contributed by atoms with Crippen LogP contribution < -0.4 is 16.0 Å². The summed E-state index contributed by atoms with van der Waals surface area (Å²) in [4.78, 5) is 72.8. The molecule has 5 amide bonds. The van der Waals surface area contributed by atoms with Crippen LogP contribution in [-0.4, -0.2) is 102 Å². The largest absolute Gasteiger partial charge is 0.350 e. The molecular formula is C34H54N6O5. The molecule has 250 valence electrons. The fourth-order valence-electron chi connectivity index (χ4n) is 6.53. The van der Waals surface area contributed by atoms with Crippen molar-refractivity contribution in [2.45, 2.75) is 104 Å². The number of amides is 5. The summed E-state index contributed by atoms with van der Waals surface area (Å²) in [6, 6.07) is 6.24. The molecule has 0 radical (unpaired) electrons. The summed E-state index contributed by atoms with van der Waals surface area (Å²) in [6.07, 6.45) is 2.45. The number of hydrogen-bond donors (Lipinski definition) is 3. The highest BCUT2D eigenvalue weighted by molar-refractivity contribution is 5.96. The molecule has 45 heavy (non-hydrogen) atoms. The quantitative estimate of drug-likeness (QED) is 0.308. The van der Waals surface area contributed by atoms with Crippen molar-refractivity contribution in [3.8, 4) is 0 Å². The maximum Gasteiger partial charge on any atom is 0.246 e. The van der Waals surface area contributed by atoms with Gasteiger partial charge in [-0.2, -0.15) is 0 Å². The van der Waals surface area contributed by atoms with E-state index in [9.17, 15) is 24.0 Å². The summed E-state index contributed by atoms with van der Waals surface area (Å²) in [5.74, 6) is -1.83. The molecule has 2 aliphatic heterocycles.